The molecular weight excluding hydrogens is 159 g/mol. The second kappa shape index (κ2) is 2.84. The van der Waals surface area contributed by atoms with Crippen LogP contribution in [-0.4, -0.2) is 20.5 Å². The zero-order valence-electron chi connectivity index (χ0n) is 5.42. The standard InChI is InChI=1S/C5H9FO3S/c6-5-3-1-2-4-10(7,8)9-5/h5H,1-4H2. The number of rotatable bonds is 0. The summed E-state index contributed by atoms with van der Waals surface area (Å²) in [6.07, 6.45) is -0.338. The number of hydrogen-bond acceptors (Lipinski definition) is 3. The van der Waals surface area contributed by atoms with Crippen molar-refractivity contribution in [1.82, 2.24) is 0 Å². The van der Waals surface area contributed by atoms with Gasteiger partial charge in [-0.1, -0.05) is 0 Å². The van der Waals surface area contributed by atoms with E-state index in [4.69, 9.17) is 0 Å². The highest BCUT2D eigenvalue weighted by molar-refractivity contribution is 7.86. The Morgan fingerprint density at radius 3 is 2.80 bits per heavy atom. The van der Waals surface area contributed by atoms with E-state index < -0.39 is 16.5 Å². The highest BCUT2D eigenvalue weighted by Gasteiger charge is 2.21. The van der Waals surface area contributed by atoms with Crippen molar-refractivity contribution in [2.45, 2.75) is 25.6 Å². The highest BCUT2D eigenvalue weighted by Crippen LogP contribution is 2.15. The van der Waals surface area contributed by atoms with Crippen LogP contribution in [0, 0.1) is 0 Å². The smallest absolute Gasteiger partial charge is 0.233 e. The van der Waals surface area contributed by atoms with Crippen molar-refractivity contribution in [3.63, 3.8) is 0 Å². The van der Waals surface area contributed by atoms with Gasteiger partial charge in [-0.05, 0) is 12.8 Å². The molecule has 3 nitrogen and oxygen atoms in total. The summed E-state index contributed by atoms with van der Waals surface area (Å²) < 4.78 is 37.7. The van der Waals surface area contributed by atoms with E-state index >= 15 is 0 Å². The molecule has 0 spiro atoms. The van der Waals surface area contributed by atoms with Crippen molar-refractivity contribution in [2.24, 2.45) is 0 Å². The van der Waals surface area contributed by atoms with E-state index in [0.717, 1.165) is 0 Å². The van der Waals surface area contributed by atoms with Gasteiger partial charge in [0, 0.05) is 6.42 Å². The zero-order chi connectivity index (χ0) is 7.61. The van der Waals surface area contributed by atoms with Crippen molar-refractivity contribution < 1.29 is 17.0 Å². The van der Waals surface area contributed by atoms with Crippen LogP contribution >= 0.6 is 0 Å². The molecule has 1 rings (SSSR count). The number of hydrogen-bond donors (Lipinski definition) is 0. The molecule has 0 bridgehead atoms. The molecular formula is C5H9FO3S. The normalized spacial score (nSPS) is 33.1. The van der Waals surface area contributed by atoms with Gasteiger partial charge in [-0.15, -0.1) is 0 Å². The van der Waals surface area contributed by atoms with Crippen LogP contribution in [0.15, 0.2) is 0 Å². The van der Waals surface area contributed by atoms with Crippen molar-refractivity contribution in [3.05, 3.63) is 0 Å². The predicted molar refractivity (Wildman–Crippen MR) is 33.6 cm³/mol. The molecule has 0 aromatic heterocycles. The molecule has 0 aromatic rings. The van der Waals surface area contributed by atoms with Crippen LogP contribution in [0.4, 0.5) is 4.39 Å². The van der Waals surface area contributed by atoms with Crippen molar-refractivity contribution >= 4 is 10.1 Å². The topological polar surface area (TPSA) is 43.4 Å². The molecule has 0 saturated carbocycles. The highest BCUT2D eigenvalue weighted by atomic mass is 32.2. The average molecular weight is 168 g/mol. The van der Waals surface area contributed by atoms with Crippen LogP contribution < -0.4 is 0 Å². The minimum Gasteiger partial charge on any atom is -0.233 e. The van der Waals surface area contributed by atoms with Crippen molar-refractivity contribution in [3.8, 4) is 0 Å². The van der Waals surface area contributed by atoms with Crippen LogP contribution in [0.2, 0.25) is 0 Å². The molecule has 60 valence electrons. The SMILES string of the molecule is O=S1(=O)CCCCC(F)O1. The van der Waals surface area contributed by atoms with Gasteiger partial charge in [0.05, 0.1) is 5.75 Å². The van der Waals surface area contributed by atoms with Crippen LogP contribution in [0.3, 0.4) is 0 Å². The van der Waals surface area contributed by atoms with Crippen molar-refractivity contribution in [1.29, 1.82) is 0 Å². The zero-order valence-corrected chi connectivity index (χ0v) is 6.23. The largest absolute Gasteiger partial charge is 0.270 e. The Kier molecular flexibility index (Phi) is 2.25. The van der Waals surface area contributed by atoms with Gasteiger partial charge < -0.3 is 0 Å². The third kappa shape index (κ3) is 2.22. The van der Waals surface area contributed by atoms with E-state index in [9.17, 15) is 12.8 Å². The maximum atomic E-state index is 12.3. The van der Waals surface area contributed by atoms with E-state index in [2.05, 4.69) is 4.18 Å². The Morgan fingerprint density at radius 1 is 1.40 bits per heavy atom. The monoisotopic (exact) mass is 168 g/mol. The maximum Gasteiger partial charge on any atom is 0.270 e. The van der Waals surface area contributed by atoms with Gasteiger partial charge >= 0.3 is 0 Å². The Hall–Kier alpha value is -0.160. The van der Waals surface area contributed by atoms with Crippen LogP contribution in [0.1, 0.15) is 19.3 Å². The van der Waals surface area contributed by atoms with Gasteiger partial charge in [-0.25, -0.2) is 8.57 Å². The summed E-state index contributed by atoms with van der Waals surface area (Å²) in [7, 11) is -3.54. The Bertz CT molecular complexity index is 199. The van der Waals surface area contributed by atoms with E-state index in [0.29, 0.717) is 12.8 Å². The summed E-state index contributed by atoms with van der Waals surface area (Å²) in [4.78, 5) is 0. The van der Waals surface area contributed by atoms with Crippen LogP contribution in [-0.2, 0) is 14.3 Å². The fourth-order valence-electron chi connectivity index (χ4n) is 0.839. The summed E-state index contributed by atoms with van der Waals surface area (Å²) in [5, 5.41) is 0. The summed E-state index contributed by atoms with van der Waals surface area (Å²) in [5.74, 6) is -0.0482. The lowest BCUT2D eigenvalue weighted by atomic mass is 10.2. The fraction of sp³-hybridized carbons (Fsp3) is 1.00. The molecule has 5 heteroatoms. The molecule has 1 aliphatic rings. The molecule has 0 aliphatic carbocycles. The molecule has 0 radical (unpaired) electrons. The van der Waals surface area contributed by atoms with E-state index in [1.54, 1.807) is 0 Å². The van der Waals surface area contributed by atoms with Gasteiger partial charge in [-0.3, -0.25) is 0 Å². The van der Waals surface area contributed by atoms with Gasteiger partial charge in [0.2, 0.25) is 6.36 Å². The molecule has 1 saturated heterocycles. The number of alkyl halides is 1. The first-order valence-electron chi connectivity index (χ1n) is 3.15. The minimum atomic E-state index is -3.54. The second-order valence-corrected chi connectivity index (χ2v) is 3.98. The number of halogens is 1. The first kappa shape index (κ1) is 7.94. The average Bonchev–Trinajstić information content (AvgIpc) is 1.90. The lowest BCUT2D eigenvalue weighted by molar-refractivity contribution is 0.0698. The third-order valence-corrected chi connectivity index (χ3v) is 2.62. The summed E-state index contributed by atoms with van der Waals surface area (Å²) in [5.41, 5.74) is 0. The molecule has 1 fully saturated rings. The predicted octanol–water partition coefficient (Wildman–Crippen LogP) is 0.812. The molecule has 0 N–H and O–H groups in total. The summed E-state index contributed by atoms with van der Waals surface area (Å²) in [6, 6.07) is 0. The second-order valence-electron chi connectivity index (χ2n) is 2.26. The Morgan fingerprint density at radius 2 is 2.10 bits per heavy atom. The van der Waals surface area contributed by atoms with Gasteiger partial charge in [0.1, 0.15) is 0 Å². The summed E-state index contributed by atoms with van der Waals surface area (Å²) >= 11 is 0. The van der Waals surface area contributed by atoms with E-state index in [1.165, 1.54) is 0 Å². The van der Waals surface area contributed by atoms with Gasteiger partial charge in [0.25, 0.3) is 10.1 Å². The van der Waals surface area contributed by atoms with E-state index in [1.807, 2.05) is 0 Å². The van der Waals surface area contributed by atoms with Gasteiger partial charge in [-0.2, -0.15) is 8.42 Å². The molecule has 1 aliphatic heterocycles. The molecule has 1 heterocycles. The third-order valence-electron chi connectivity index (χ3n) is 1.33. The van der Waals surface area contributed by atoms with Crippen LogP contribution in [0.5, 0.6) is 0 Å². The molecule has 1 unspecified atom stereocenters. The first-order chi connectivity index (χ1) is 4.60. The molecule has 10 heavy (non-hydrogen) atoms. The minimum absolute atomic E-state index is 0.0482. The summed E-state index contributed by atoms with van der Waals surface area (Å²) in [6.45, 7) is 0. The van der Waals surface area contributed by atoms with Crippen molar-refractivity contribution in [2.75, 3.05) is 5.75 Å². The molecule has 0 aromatic carbocycles. The van der Waals surface area contributed by atoms with Gasteiger partial charge in [0.15, 0.2) is 0 Å². The quantitative estimate of drug-likeness (QED) is 0.503. The Balaban J connectivity index is 2.64. The molecule has 1 atom stereocenters. The maximum absolute atomic E-state index is 12.3. The lowest BCUT2D eigenvalue weighted by Gasteiger charge is -2.02. The lowest BCUT2D eigenvalue weighted by Crippen LogP contribution is -2.12. The molecule has 0 amide bonds. The Labute approximate surface area is 59.3 Å². The van der Waals surface area contributed by atoms with E-state index in [-0.39, 0.29) is 12.2 Å². The van der Waals surface area contributed by atoms with Crippen LogP contribution in [0.25, 0.3) is 0 Å². The first-order valence-corrected chi connectivity index (χ1v) is 4.73. The fourth-order valence-corrected chi connectivity index (χ4v) is 1.91.